The molecule has 5 aliphatic rings. The van der Waals surface area contributed by atoms with Crippen LogP contribution in [0.1, 0.15) is 104 Å². The van der Waals surface area contributed by atoms with Crippen molar-refractivity contribution in [1.29, 1.82) is 0 Å². The number of nitrogens with zero attached hydrogens (tertiary/aromatic N) is 4. The summed E-state index contributed by atoms with van der Waals surface area (Å²) in [6, 6.07) is 2.19. The molecular weight excluding hydrogens is 1010 g/mol. The van der Waals surface area contributed by atoms with Gasteiger partial charge in [0, 0.05) is 69.8 Å². The minimum absolute atomic E-state index is 0.00925. The van der Waals surface area contributed by atoms with E-state index in [4.69, 9.17) is 30.6 Å². The average Bonchev–Trinajstić information content (AvgIpc) is 3.81. The summed E-state index contributed by atoms with van der Waals surface area (Å²) in [5.74, 6) is -5.67. The Labute approximate surface area is 439 Å². The lowest BCUT2D eigenvalue weighted by molar-refractivity contribution is -0.201. The van der Waals surface area contributed by atoms with E-state index in [0.29, 0.717) is 42.7 Å². The summed E-state index contributed by atoms with van der Waals surface area (Å²) in [4.78, 5) is 127. The summed E-state index contributed by atoms with van der Waals surface area (Å²) in [7, 11) is 4.31. The van der Waals surface area contributed by atoms with Crippen LogP contribution in [-0.4, -0.2) is 159 Å². The van der Waals surface area contributed by atoms with Crippen molar-refractivity contribution in [3.05, 3.63) is 46.5 Å². The number of ether oxygens (including phenoxy) is 3. The average molecular weight is 1070 g/mol. The fourth-order valence-corrected chi connectivity index (χ4v) is 11.3. The van der Waals surface area contributed by atoms with Crippen LogP contribution in [-0.2, 0) is 59.1 Å². The van der Waals surface area contributed by atoms with Gasteiger partial charge in [-0.25, -0.2) is 14.4 Å². The molecule has 1 aromatic rings. The van der Waals surface area contributed by atoms with Gasteiger partial charge in [-0.1, -0.05) is 56.2 Å². The Bertz CT molecular complexity index is 2430. The number of aliphatic hydroxyl groups excluding tert-OH is 2. The fraction of sp³-hybridized carbons (Fsp3) is 0.627. The largest absolute Gasteiger partial charge is 0.495 e. The number of fused-ring (bicyclic) bond motifs is 4. The Morgan fingerprint density at radius 2 is 1.66 bits per heavy atom. The van der Waals surface area contributed by atoms with Gasteiger partial charge >= 0.3 is 18.0 Å². The Morgan fingerprint density at radius 1 is 1.00 bits per heavy atom. The Balaban J connectivity index is 1.10. The molecule has 74 heavy (non-hydrogen) atoms. The van der Waals surface area contributed by atoms with Crippen molar-refractivity contribution in [2.45, 2.75) is 147 Å². The molecule has 1 aliphatic carbocycles. The van der Waals surface area contributed by atoms with E-state index < -0.39 is 107 Å². The lowest BCUT2D eigenvalue weighted by Crippen LogP contribution is -2.64. The van der Waals surface area contributed by atoms with Crippen LogP contribution in [0.5, 0.6) is 5.75 Å². The van der Waals surface area contributed by atoms with Crippen molar-refractivity contribution < 1.29 is 77.5 Å². The van der Waals surface area contributed by atoms with Gasteiger partial charge in [0.15, 0.2) is 5.72 Å². The predicted molar refractivity (Wildman–Crippen MR) is 268 cm³/mol. The number of likely N-dealkylation sites (tertiary alicyclic amines) is 1. The normalized spacial score (nSPS) is 30.5. The fourth-order valence-electron chi connectivity index (χ4n) is 9.90. The van der Waals surface area contributed by atoms with E-state index in [9.17, 15) is 58.5 Å². The lowest BCUT2D eigenvalue weighted by Gasteiger charge is -2.45. The maximum Gasteiger partial charge on any atom is 0.409 e. The number of amides is 7. The molecule has 0 radical (unpaired) electrons. The number of hydroxylamine groups is 2. The molecule has 406 valence electrons. The number of hydrogen-bond acceptors (Lipinski definition) is 17. The van der Waals surface area contributed by atoms with Gasteiger partial charge in [-0.05, 0) is 69.6 Å². The van der Waals surface area contributed by atoms with Crippen LogP contribution < -0.4 is 15.0 Å². The zero-order valence-corrected chi connectivity index (χ0v) is 44.6. The van der Waals surface area contributed by atoms with Gasteiger partial charge in [0.05, 0.1) is 36.5 Å². The monoisotopic (exact) mass is 1070 g/mol. The maximum atomic E-state index is 14.4. The minimum Gasteiger partial charge on any atom is -0.495 e. The molecular formula is C51H68ClN5O16S. The molecule has 4 aliphatic heterocycles. The number of esters is 1. The van der Waals surface area contributed by atoms with Gasteiger partial charge in [0.1, 0.15) is 35.1 Å². The summed E-state index contributed by atoms with van der Waals surface area (Å²) < 4.78 is 17.2. The molecule has 0 aromatic heterocycles. The third-order valence-electron chi connectivity index (χ3n) is 15.0. The molecule has 4 fully saturated rings. The van der Waals surface area contributed by atoms with Crippen molar-refractivity contribution in [2.24, 2.45) is 23.2 Å². The first-order chi connectivity index (χ1) is 34.8. The number of carbonyl (C=O) groups excluding carboxylic acids is 9. The van der Waals surface area contributed by atoms with Gasteiger partial charge < -0.3 is 44.2 Å². The quantitative estimate of drug-likeness (QED) is 0.171. The summed E-state index contributed by atoms with van der Waals surface area (Å²) >= 11 is 7.93. The first-order valence-electron chi connectivity index (χ1n) is 24.8. The lowest BCUT2D eigenvalue weighted by atomic mass is 9.72. The first kappa shape index (κ1) is 57.7. The number of alkyl carbamates (subject to hydrolysis) is 1. The molecule has 8 atom stereocenters. The third-order valence-corrected chi connectivity index (χ3v) is 16.6. The first-order valence-corrected chi connectivity index (χ1v) is 26.2. The molecule has 4 bridgehead atoms. The highest BCUT2D eigenvalue weighted by Gasteiger charge is 2.51. The highest BCUT2D eigenvalue weighted by atomic mass is 35.5. The zero-order chi connectivity index (χ0) is 54.6. The number of benzene rings is 1. The van der Waals surface area contributed by atoms with Crippen LogP contribution in [0, 0.1) is 23.2 Å². The van der Waals surface area contributed by atoms with Gasteiger partial charge in [0.25, 0.3) is 11.8 Å². The highest BCUT2D eigenvalue weighted by Crippen LogP contribution is 2.41. The van der Waals surface area contributed by atoms with Gasteiger partial charge in [-0.2, -0.15) is 0 Å². The van der Waals surface area contributed by atoms with E-state index in [2.05, 4.69) is 5.32 Å². The van der Waals surface area contributed by atoms with E-state index in [1.54, 1.807) is 39.0 Å². The third kappa shape index (κ3) is 13.1. The Kier molecular flexibility index (Phi) is 18.7. The van der Waals surface area contributed by atoms with Gasteiger partial charge in [0.2, 0.25) is 23.6 Å². The van der Waals surface area contributed by atoms with Crippen LogP contribution in [0.25, 0.3) is 0 Å². The molecule has 3 saturated heterocycles. The van der Waals surface area contributed by atoms with Crippen LogP contribution in [0.4, 0.5) is 10.5 Å². The molecule has 4 N–H and O–H groups in total. The number of nitrogens with one attached hydrogen (secondary N) is 1. The van der Waals surface area contributed by atoms with E-state index >= 15 is 0 Å². The number of methoxy groups -OCH3 is 1. The summed E-state index contributed by atoms with van der Waals surface area (Å²) in [6.45, 7) is 8.10. The van der Waals surface area contributed by atoms with E-state index in [-0.39, 0.29) is 78.6 Å². The number of allylic oxidation sites excluding steroid dienone is 3. The molecule has 23 heteroatoms. The van der Waals surface area contributed by atoms with Crippen molar-refractivity contribution in [3.8, 4) is 5.75 Å². The number of thioether (sulfide) groups is 1. The predicted octanol–water partition coefficient (Wildman–Crippen LogP) is 3.75. The highest BCUT2D eigenvalue weighted by molar-refractivity contribution is 8.00. The maximum absolute atomic E-state index is 14.4. The molecule has 7 amide bonds. The summed E-state index contributed by atoms with van der Waals surface area (Å²) in [5, 5.41) is 37.0. The zero-order valence-electron chi connectivity index (χ0n) is 43.0. The number of aliphatic hydroxyl groups is 3. The minimum atomic E-state index is -2.21. The number of imide groups is 2. The Hall–Kier alpha value is -5.55. The van der Waals surface area contributed by atoms with E-state index in [0.717, 1.165) is 22.2 Å². The number of hydrogen-bond donors (Lipinski definition) is 4. The standard InChI is InChI=1S/C51H68ClN5O16S/c1-27-10-9-11-37(58)51(69)25-35(71-49(68)53-51)28(2)45(64)50(4,5)38(24-42(62)55(7)33-21-31(20-27)22-34(70-8)44(33)52)72-47(66)29(3)54(6)39(59)18-19-74-36-23-43(63)56(46(36)65)26-30-12-14-32(15-13-30)48(67)73-57-40(60)16-17-41(57)61/h9-11,21-22,28-30,32,35-38,45,58,64,69H,12-20,23-26H2,1-8H3,(H,53,68)/b11-9+,27-10+/t28-,29+,30?,32?,35+,36?,37-,38+,45+,51+/m1/s1. The van der Waals surface area contributed by atoms with Crippen LogP contribution >= 0.6 is 23.4 Å². The SMILES string of the molecule is COc1cc2cc(c1Cl)N(C)C(=O)C[C@H](OC(=O)[C@H](C)N(C)C(=O)CCSC1CC(=O)N(CC3CCC(C(=O)ON4C(=O)CCC4=O)CC3)C1=O)C(C)(C)[C@@H](O)[C@H](C)[C@@H]1C[C@@](O)(NC(=O)O1)[C@H](O)/C=C/C=C(\C)C2. The summed E-state index contributed by atoms with van der Waals surface area (Å²) in [6.07, 6.45) is -1.06. The second-order valence-electron chi connectivity index (χ2n) is 20.6. The molecule has 4 heterocycles. The molecule has 0 spiro atoms. The number of rotatable bonds is 12. The number of halogens is 1. The van der Waals surface area contributed by atoms with Crippen LogP contribution in [0.2, 0.25) is 5.02 Å². The van der Waals surface area contributed by atoms with Crippen molar-refractivity contribution in [3.63, 3.8) is 0 Å². The summed E-state index contributed by atoms with van der Waals surface area (Å²) in [5.41, 5.74) is -1.93. The van der Waals surface area contributed by atoms with E-state index in [1.165, 1.54) is 50.1 Å². The second-order valence-corrected chi connectivity index (χ2v) is 22.3. The molecule has 1 unspecified atom stereocenters. The van der Waals surface area contributed by atoms with Gasteiger partial charge in [-0.3, -0.25) is 39.0 Å². The van der Waals surface area contributed by atoms with Crippen LogP contribution in [0.3, 0.4) is 0 Å². The van der Waals surface area contributed by atoms with Crippen LogP contribution in [0.15, 0.2) is 35.9 Å². The smallest absolute Gasteiger partial charge is 0.409 e. The molecule has 21 nitrogen and oxygen atoms in total. The Morgan fingerprint density at radius 3 is 2.31 bits per heavy atom. The van der Waals surface area contributed by atoms with Gasteiger partial charge in [-0.15, -0.1) is 16.8 Å². The van der Waals surface area contributed by atoms with Crippen molar-refractivity contribution in [1.82, 2.24) is 20.2 Å². The second kappa shape index (κ2) is 24.0. The number of carbonyl (C=O) groups is 9. The number of anilines is 1. The topological polar surface area (TPSA) is 276 Å². The molecule has 1 aromatic carbocycles. The molecule has 1 saturated carbocycles. The number of likely N-dealkylation sites (N-methyl/N-ethyl adjacent to an activating group) is 1. The molecule has 6 rings (SSSR count). The van der Waals surface area contributed by atoms with E-state index in [1.807, 2.05) is 6.92 Å². The van der Waals surface area contributed by atoms with Crippen molar-refractivity contribution >= 4 is 82.5 Å². The van der Waals surface area contributed by atoms with Crippen molar-refractivity contribution in [2.75, 3.05) is 38.4 Å².